The van der Waals surface area contributed by atoms with E-state index in [0.717, 1.165) is 35.1 Å². The van der Waals surface area contributed by atoms with Crippen molar-refractivity contribution in [1.29, 1.82) is 0 Å². The van der Waals surface area contributed by atoms with Crippen LogP contribution in [-0.4, -0.2) is 33.7 Å². The van der Waals surface area contributed by atoms with Crippen LogP contribution in [0.1, 0.15) is 34.5 Å². The number of ether oxygens (including phenoxy) is 1. The van der Waals surface area contributed by atoms with E-state index in [1.807, 2.05) is 35.8 Å². The van der Waals surface area contributed by atoms with Crippen molar-refractivity contribution < 1.29 is 14.7 Å². The summed E-state index contributed by atoms with van der Waals surface area (Å²) in [6.07, 6.45) is 1.62. The zero-order valence-electron chi connectivity index (χ0n) is 15.7. The first-order chi connectivity index (χ1) is 14.0. The third-order valence-corrected chi connectivity index (χ3v) is 5.21. The number of hydrogen-bond donors (Lipinski definition) is 4. The Bertz CT molecular complexity index is 1150. The normalized spacial score (nSPS) is 13.9. The number of hydrogen-bond acceptors (Lipinski definition) is 4. The third-order valence-electron chi connectivity index (χ3n) is 4.89. The molecule has 6 nitrogen and oxygen atoms in total. The number of carbonyl (C=O) groups is 1. The largest absolute Gasteiger partial charge is 0.496 e. The van der Waals surface area contributed by atoms with Gasteiger partial charge >= 0.3 is 0 Å². The van der Waals surface area contributed by atoms with E-state index in [1.54, 1.807) is 25.3 Å². The minimum atomic E-state index is -0.501. The van der Waals surface area contributed by atoms with Crippen LogP contribution in [0.25, 0.3) is 10.9 Å². The van der Waals surface area contributed by atoms with E-state index in [9.17, 15) is 4.79 Å². The summed E-state index contributed by atoms with van der Waals surface area (Å²) in [5.74, 6) is 6.83. The number of H-pyrrole nitrogens is 1. The maximum Gasteiger partial charge on any atom is 0.268 e. The Balaban J connectivity index is 1.49. The number of aromatic amines is 1. The number of aromatic nitrogens is 1. The number of methoxy groups -OCH3 is 1. The molecule has 1 heterocycles. The molecular weight excluding hydrogens is 386 g/mol. The van der Waals surface area contributed by atoms with Gasteiger partial charge < -0.3 is 15.0 Å². The molecule has 1 aliphatic rings. The summed E-state index contributed by atoms with van der Waals surface area (Å²) >= 11 is 4.98. The lowest BCUT2D eigenvalue weighted by Crippen LogP contribution is -2.35. The number of amides is 1. The molecule has 0 saturated heterocycles. The second kappa shape index (κ2) is 7.59. The van der Waals surface area contributed by atoms with E-state index in [2.05, 4.69) is 22.1 Å². The lowest BCUT2D eigenvalue weighted by Gasteiger charge is -2.09. The van der Waals surface area contributed by atoms with Crippen LogP contribution >= 0.6 is 12.2 Å². The van der Waals surface area contributed by atoms with E-state index in [0.29, 0.717) is 11.3 Å². The van der Waals surface area contributed by atoms with Crippen molar-refractivity contribution in [3.63, 3.8) is 0 Å². The third kappa shape index (κ3) is 3.94. The smallest absolute Gasteiger partial charge is 0.268 e. The molecule has 0 spiro atoms. The summed E-state index contributed by atoms with van der Waals surface area (Å²) in [7, 11) is 1.61. The van der Waals surface area contributed by atoms with Gasteiger partial charge in [-0.25, -0.2) is 0 Å². The molecule has 4 N–H and O–H groups in total. The van der Waals surface area contributed by atoms with Gasteiger partial charge in [-0.2, -0.15) is 0 Å². The molecule has 4 rings (SSSR count). The quantitative estimate of drug-likeness (QED) is 0.304. The minimum absolute atomic E-state index is 0.190. The number of hydroxylamine groups is 1. The summed E-state index contributed by atoms with van der Waals surface area (Å²) in [6.45, 7) is 0. The highest BCUT2D eigenvalue weighted by Gasteiger charge is 2.43. The average Bonchev–Trinajstić information content (AvgIpc) is 3.36. The van der Waals surface area contributed by atoms with Gasteiger partial charge in [0, 0.05) is 22.0 Å². The first kappa shape index (κ1) is 19.0. The van der Waals surface area contributed by atoms with Gasteiger partial charge in [-0.3, -0.25) is 15.5 Å². The van der Waals surface area contributed by atoms with Crippen LogP contribution in [0.3, 0.4) is 0 Å². The SMILES string of the molecule is COc1cccc2[nH]c(C(=O)NC3(C#Cc4ccc(C(=S)NO)cc4)CC3)cc12. The van der Waals surface area contributed by atoms with Crippen molar-refractivity contribution in [2.45, 2.75) is 18.4 Å². The molecule has 146 valence electrons. The summed E-state index contributed by atoms with van der Waals surface area (Å²) in [6, 6.07) is 14.7. The fourth-order valence-electron chi connectivity index (χ4n) is 3.08. The molecule has 1 saturated carbocycles. The molecule has 0 aliphatic heterocycles. The van der Waals surface area contributed by atoms with E-state index in [1.165, 1.54) is 0 Å². The van der Waals surface area contributed by atoms with Crippen molar-refractivity contribution >= 4 is 34.0 Å². The number of carbonyl (C=O) groups excluding carboxylic acids is 1. The molecule has 3 aromatic rings. The van der Waals surface area contributed by atoms with Crippen LogP contribution in [0, 0.1) is 11.8 Å². The van der Waals surface area contributed by atoms with Gasteiger partial charge in [0.25, 0.3) is 5.91 Å². The fourth-order valence-corrected chi connectivity index (χ4v) is 3.22. The standard InChI is InChI=1S/C22H19N3O3S/c1-28-19-4-2-3-17-16(19)13-18(23-17)20(26)24-22(11-12-22)10-9-14-5-7-15(8-6-14)21(29)25-27/h2-8,13,23,27H,11-12H2,1H3,(H,24,26)(H,25,29). The topological polar surface area (TPSA) is 86.4 Å². The van der Waals surface area contributed by atoms with E-state index < -0.39 is 5.54 Å². The molecule has 1 aromatic heterocycles. The Hall–Kier alpha value is -3.34. The first-order valence-electron chi connectivity index (χ1n) is 9.09. The van der Waals surface area contributed by atoms with Gasteiger partial charge in [0.2, 0.25) is 0 Å². The lowest BCUT2D eigenvalue weighted by atomic mass is 10.1. The minimum Gasteiger partial charge on any atom is -0.496 e. The van der Waals surface area contributed by atoms with E-state index in [4.69, 9.17) is 22.2 Å². The van der Waals surface area contributed by atoms with Gasteiger partial charge in [0.05, 0.1) is 7.11 Å². The van der Waals surface area contributed by atoms with Crippen LogP contribution in [0.15, 0.2) is 48.5 Å². The molecule has 0 bridgehead atoms. The Morgan fingerprint density at radius 3 is 2.66 bits per heavy atom. The van der Waals surface area contributed by atoms with Crippen LogP contribution in [0.2, 0.25) is 0 Å². The van der Waals surface area contributed by atoms with Crippen molar-refractivity contribution in [1.82, 2.24) is 15.8 Å². The maximum absolute atomic E-state index is 12.7. The molecule has 1 fully saturated rings. The molecule has 29 heavy (non-hydrogen) atoms. The summed E-state index contributed by atoms with van der Waals surface area (Å²) in [4.78, 5) is 16.1. The monoisotopic (exact) mass is 405 g/mol. The van der Waals surface area contributed by atoms with E-state index >= 15 is 0 Å². The molecule has 2 aromatic carbocycles. The van der Waals surface area contributed by atoms with Crippen molar-refractivity contribution in [2.24, 2.45) is 0 Å². The second-order valence-corrected chi connectivity index (χ2v) is 7.32. The van der Waals surface area contributed by atoms with Gasteiger partial charge in [-0.05, 0) is 43.2 Å². The summed E-state index contributed by atoms with van der Waals surface area (Å²) in [5, 5.41) is 12.8. The molecule has 1 amide bonds. The fraction of sp³-hybridized carbons (Fsp3) is 0.182. The summed E-state index contributed by atoms with van der Waals surface area (Å²) in [5.41, 5.74) is 4.30. The molecule has 0 unspecified atom stereocenters. The number of nitrogens with one attached hydrogen (secondary N) is 3. The van der Waals surface area contributed by atoms with Crippen molar-refractivity contribution in [3.8, 4) is 17.6 Å². The van der Waals surface area contributed by atoms with Gasteiger partial charge in [0.15, 0.2) is 0 Å². The average molecular weight is 405 g/mol. The molecule has 0 radical (unpaired) electrons. The van der Waals surface area contributed by atoms with Crippen molar-refractivity contribution in [3.05, 3.63) is 65.4 Å². The lowest BCUT2D eigenvalue weighted by molar-refractivity contribution is 0.0938. The van der Waals surface area contributed by atoms with Crippen LogP contribution in [0.5, 0.6) is 5.75 Å². The van der Waals surface area contributed by atoms with Crippen LogP contribution in [-0.2, 0) is 0 Å². The molecule has 0 atom stereocenters. The zero-order chi connectivity index (χ0) is 20.4. The van der Waals surface area contributed by atoms with Gasteiger partial charge in [0.1, 0.15) is 22.0 Å². The van der Waals surface area contributed by atoms with Gasteiger partial charge in [-0.15, -0.1) is 0 Å². The molecule has 7 heteroatoms. The predicted molar refractivity (Wildman–Crippen MR) is 114 cm³/mol. The highest BCUT2D eigenvalue weighted by atomic mass is 32.1. The highest BCUT2D eigenvalue weighted by molar-refractivity contribution is 7.80. The number of fused-ring (bicyclic) bond motifs is 1. The molecule has 1 aliphatic carbocycles. The Labute approximate surface area is 173 Å². The maximum atomic E-state index is 12.7. The van der Waals surface area contributed by atoms with Gasteiger partial charge in [-0.1, -0.05) is 42.3 Å². The summed E-state index contributed by atoms with van der Waals surface area (Å²) < 4.78 is 5.35. The Kier molecular flexibility index (Phi) is 4.97. The number of benzene rings is 2. The second-order valence-electron chi connectivity index (χ2n) is 6.91. The number of thiocarbonyl (C=S) groups is 1. The predicted octanol–water partition coefficient (Wildman–Crippen LogP) is 3.14. The van der Waals surface area contributed by atoms with Crippen LogP contribution in [0.4, 0.5) is 0 Å². The Morgan fingerprint density at radius 2 is 2.00 bits per heavy atom. The van der Waals surface area contributed by atoms with E-state index in [-0.39, 0.29) is 10.9 Å². The van der Waals surface area contributed by atoms with Crippen molar-refractivity contribution in [2.75, 3.05) is 7.11 Å². The Morgan fingerprint density at radius 1 is 1.24 bits per heavy atom. The molecular formula is C22H19N3O3S. The van der Waals surface area contributed by atoms with Crippen LogP contribution < -0.4 is 15.5 Å². The highest BCUT2D eigenvalue weighted by Crippen LogP contribution is 2.35. The first-order valence-corrected chi connectivity index (χ1v) is 9.50. The number of rotatable bonds is 4. The zero-order valence-corrected chi connectivity index (χ0v) is 16.5.